The Hall–Kier alpha value is -0.800. The third-order valence-electron chi connectivity index (χ3n) is 3.13. The van der Waals surface area contributed by atoms with E-state index < -0.39 is 0 Å². The number of aryl methyl sites for hydroxylation is 1. The summed E-state index contributed by atoms with van der Waals surface area (Å²) in [6.07, 6.45) is 2.86. The molecule has 0 aliphatic heterocycles. The fraction of sp³-hybridized carbons (Fsp3) is 0.714. The van der Waals surface area contributed by atoms with Crippen LogP contribution in [0, 0.1) is 12.3 Å². The average Bonchev–Trinajstić information content (AvgIpc) is 2.59. The third-order valence-corrected chi connectivity index (χ3v) is 3.13. The van der Waals surface area contributed by atoms with Crippen molar-refractivity contribution < 1.29 is 4.42 Å². The minimum atomic E-state index is 0.309. The van der Waals surface area contributed by atoms with Gasteiger partial charge in [-0.05, 0) is 31.9 Å². The largest absolute Gasteiger partial charge is 0.469 e. The zero-order valence-corrected chi connectivity index (χ0v) is 11.8. The van der Waals surface area contributed by atoms with Crippen LogP contribution in [0.4, 0.5) is 0 Å². The number of nitrogens with two attached hydrogens (primary N) is 1. The van der Waals surface area contributed by atoms with Gasteiger partial charge in [-0.1, -0.05) is 20.8 Å². The zero-order valence-electron chi connectivity index (χ0n) is 11.8. The number of nitrogens with zero attached hydrogens (tertiary/aromatic N) is 1. The second kappa shape index (κ2) is 5.69. The molecule has 0 aromatic carbocycles. The standard InChI is InChI=1S/C14H26N2O/c1-11-12(6-7-17-11)10-16(5)13(9-15)8-14(2,3)4/h6-7,13H,8-10,15H2,1-5H3. The van der Waals surface area contributed by atoms with E-state index in [1.807, 2.05) is 13.0 Å². The Bertz CT molecular complexity index is 338. The molecular weight excluding hydrogens is 212 g/mol. The van der Waals surface area contributed by atoms with Crippen molar-refractivity contribution in [3.05, 3.63) is 23.7 Å². The molecule has 0 radical (unpaired) electrons. The summed E-state index contributed by atoms with van der Waals surface area (Å²) in [5.74, 6) is 1.00. The molecule has 1 rings (SSSR count). The molecule has 17 heavy (non-hydrogen) atoms. The first-order valence-electron chi connectivity index (χ1n) is 6.27. The van der Waals surface area contributed by atoms with Crippen LogP contribution in [0.5, 0.6) is 0 Å². The van der Waals surface area contributed by atoms with Crippen LogP contribution in [0.1, 0.15) is 38.5 Å². The molecule has 3 nitrogen and oxygen atoms in total. The number of hydrogen-bond acceptors (Lipinski definition) is 3. The lowest BCUT2D eigenvalue weighted by Crippen LogP contribution is -2.40. The van der Waals surface area contributed by atoms with Gasteiger partial charge in [0, 0.05) is 24.7 Å². The summed E-state index contributed by atoms with van der Waals surface area (Å²) in [5, 5.41) is 0. The van der Waals surface area contributed by atoms with Gasteiger partial charge in [0.15, 0.2) is 0 Å². The SMILES string of the molecule is Cc1occc1CN(C)C(CN)CC(C)(C)C. The molecule has 0 saturated heterocycles. The van der Waals surface area contributed by atoms with E-state index in [9.17, 15) is 0 Å². The monoisotopic (exact) mass is 238 g/mol. The molecule has 0 spiro atoms. The first-order valence-corrected chi connectivity index (χ1v) is 6.27. The number of furan rings is 1. The van der Waals surface area contributed by atoms with Crippen molar-refractivity contribution in [1.29, 1.82) is 0 Å². The van der Waals surface area contributed by atoms with Crippen molar-refractivity contribution in [2.75, 3.05) is 13.6 Å². The second-order valence-corrected chi connectivity index (χ2v) is 6.07. The van der Waals surface area contributed by atoms with Crippen molar-refractivity contribution in [3.63, 3.8) is 0 Å². The summed E-state index contributed by atoms with van der Waals surface area (Å²) in [4.78, 5) is 2.32. The van der Waals surface area contributed by atoms with Gasteiger partial charge in [-0.25, -0.2) is 0 Å². The summed E-state index contributed by atoms with van der Waals surface area (Å²) in [7, 11) is 2.13. The van der Waals surface area contributed by atoms with Crippen LogP contribution < -0.4 is 5.73 Å². The predicted octanol–water partition coefficient (Wildman–Crippen LogP) is 2.78. The topological polar surface area (TPSA) is 42.4 Å². The average molecular weight is 238 g/mol. The fourth-order valence-electron chi connectivity index (χ4n) is 2.10. The summed E-state index contributed by atoms with van der Waals surface area (Å²) >= 11 is 0. The van der Waals surface area contributed by atoms with Crippen LogP contribution in [-0.2, 0) is 6.54 Å². The van der Waals surface area contributed by atoms with Crippen LogP contribution in [0.2, 0.25) is 0 Å². The molecule has 0 aliphatic carbocycles. The van der Waals surface area contributed by atoms with Gasteiger partial charge >= 0.3 is 0 Å². The maximum absolute atomic E-state index is 5.88. The van der Waals surface area contributed by atoms with E-state index in [-0.39, 0.29) is 0 Å². The highest BCUT2D eigenvalue weighted by atomic mass is 16.3. The maximum Gasteiger partial charge on any atom is 0.105 e. The molecule has 1 heterocycles. The Morgan fingerprint density at radius 2 is 2.06 bits per heavy atom. The molecule has 1 aromatic heterocycles. The highest BCUT2D eigenvalue weighted by molar-refractivity contribution is 5.15. The van der Waals surface area contributed by atoms with Crippen molar-refractivity contribution in [1.82, 2.24) is 4.90 Å². The molecule has 2 N–H and O–H groups in total. The Morgan fingerprint density at radius 3 is 2.47 bits per heavy atom. The van der Waals surface area contributed by atoms with Gasteiger partial charge < -0.3 is 10.2 Å². The van der Waals surface area contributed by atoms with E-state index in [0.29, 0.717) is 18.0 Å². The van der Waals surface area contributed by atoms with Crippen molar-refractivity contribution in [3.8, 4) is 0 Å². The number of likely N-dealkylation sites (N-methyl/N-ethyl adjacent to an activating group) is 1. The minimum absolute atomic E-state index is 0.309. The number of hydrogen-bond donors (Lipinski definition) is 1. The van der Waals surface area contributed by atoms with Crippen LogP contribution >= 0.6 is 0 Å². The van der Waals surface area contributed by atoms with Gasteiger partial charge in [0.2, 0.25) is 0 Å². The van der Waals surface area contributed by atoms with Gasteiger partial charge in [-0.2, -0.15) is 0 Å². The highest BCUT2D eigenvalue weighted by Gasteiger charge is 2.21. The minimum Gasteiger partial charge on any atom is -0.469 e. The molecule has 0 aliphatic rings. The van der Waals surface area contributed by atoms with Crippen molar-refractivity contribution in [2.24, 2.45) is 11.1 Å². The van der Waals surface area contributed by atoms with Crippen LogP contribution in [0.25, 0.3) is 0 Å². The smallest absolute Gasteiger partial charge is 0.105 e. The molecule has 0 bridgehead atoms. The van der Waals surface area contributed by atoms with Gasteiger partial charge in [0.05, 0.1) is 6.26 Å². The summed E-state index contributed by atoms with van der Waals surface area (Å²) in [6.45, 7) is 10.4. The van der Waals surface area contributed by atoms with Crippen LogP contribution in [-0.4, -0.2) is 24.5 Å². The first kappa shape index (κ1) is 14.3. The number of rotatable bonds is 5. The molecule has 1 atom stereocenters. The maximum atomic E-state index is 5.88. The lowest BCUT2D eigenvalue weighted by molar-refractivity contribution is 0.177. The molecule has 3 heteroatoms. The normalized spacial score (nSPS) is 14.3. The Balaban J connectivity index is 2.61. The first-order chi connectivity index (χ1) is 7.83. The second-order valence-electron chi connectivity index (χ2n) is 6.07. The Labute approximate surface area is 105 Å². The van der Waals surface area contributed by atoms with E-state index in [1.54, 1.807) is 6.26 Å². The van der Waals surface area contributed by atoms with E-state index >= 15 is 0 Å². The third kappa shape index (κ3) is 4.52. The van der Waals surface area contributed by atoms with E-state index in [0.717, 1.165) is 18.7 Å². The van der Waals surface area contributed by atoms with Gasteiger partial charge in [0.25, 0.3) is 0 Å². The Kier molecular flexibility index (Phi) is 4.78. The predicted molar refractivity (Wildman–Crippen MR) is 71.8 cm³/mol. The van der Waals surface area contributed by atoms with Crippen LogP contribution in [0.15, 0.2) is 16.7 Å². The summed E-state index contributed by atoms with van der Waals surface area (Å²) < 4.78 is 5.32. The van der Waals surface area contributed by atoms with E-state index in [4.69, 9.17) is 10.2 Å². The van der Waals surface area contributed by atoms with Crippen molar-refractivity contribution in [2.45, 2.75) is 46.7 Å². The quantitative estimate of drug-likeness (QED) is 0.857. The lowest BCUT2D eigenvalue weighted by Gasteiger charge is -2.32. The van der Waals surface area contributed by atoms with Gasteiger partial charge in [-0.3, -0.25) is 4.90 Å². The van der Waals surface area contributed by atoms with E-state index in [2.05, 4.69) is 32.7 Å². The van der Waals surface area contributed by atoms with E-state index in [1.165, 1.54) is 5.56 Å². The highest BCUT2D eigenvalue weighted by Crippen LogP contribution is 2.24. The molecule has 0 fully saturated rings. The van der Waals surface area contributed by atoms with Crippen LogP contribution in [0.3, 0.4) is 0 Å². The lowest BCUT2D eigenvalue weighted by atomic mass is 9.87. The molecule has 0 amide bonds. The summed E-state index contributed by atoms with van der Waals surface area (Å²) in [5.41, 5.74) is 7.44. The molecule has 1 unspecified atom stereocenters. The molecule has 98 valence electrons. The molecule has 0 saturated carbocycles. The van der Waals surface area contributed by atoms with Gasteiger partial charge in [-0.15, -0.1) is 0 Å². The Morgan fingerprint density at radius 1 is 1.41 bits per heavy atom. The molecule has 1 aromatic rings. The van der Waals surface area contributed by atoms with Gasteiger partial charge in [0.1, 0.15) is 5.76 Å². The zero-order chi connectivity index (χ0) is 13.1. The molecular formula is C14H26N2O. The summed E-state index contributed by atoms with van der Waals surface area (Å²) in [6, 6.07) is 2.46. The fourth-order valence-corrected chi connectivity index (χ4v) is 2.10. The van der Waals surface area contributed by atoms with Crippen molar-refractivity contribution >= 4 is 0 Å².